The predicted molar refractivity (Wildman–Crippen MR) is 104 cm³/mol. The number of hydrogen-bond donors (Lipinski definition) is 0. The highest BCUT2D eigenvalue weighted by Gasteiger charge is 2.10. The molecule has 142 valence electrons. The first-order valence-electron chi connectivity index (χ1n) is 8.64. The van der Waals surface area contributed by atoms with Crippen LogP contribution in [0, 0.1) is 0 Å². The first kappa shape index (κ1) is 20.2. The van der Waals surface area contributed by atoms with Gasteiger partial charge in [-0.15, -0.1) is 0 Å². The second-order valence-electron chi connectivity index (χ2n) is 6.25. The quantitative estimate of drug-likeness (QED) is 0.396. The summed E-state index contributed by atoms with van der Waals surface area (Å²) in [6, 6.07) is 12.6. The van der Waals surface area contributed by atoms with Gasteiger partial charge in [0.05, 0.1) is 14.2 Å². The minimum absolute atomic E-state index is 0.244. The number of ether oxygens (including phenoxy) is 3. The fourth-order valence-electron chi connectivity index (χ4n) is 2.45. The van der Waals surface area contributed by atoms with E-state index in [1.807, 2.05) is 12.1 Å². The van der Waals surface area contributed by atoms with Gasteiger partial charge in [0.25, 0.3) is 0 Å². The SMILES string of the molecule is COc1ccc(OC)c(/C=C/C(=O)OCC(=O)c2ccc(C(C)C)cc2)c1. The molecule has 0 saturated heterocycles. The Morgan fingerprint density at radius 3 is 2.30 bits per heavy atom. The number of carbonyl (C=O) groups is 2. The molecule has 0 aliphatic carbocycles. The smallest absolute Gasteiger partial charge is 0.331 e. The summed E-state index contributed by atoms with van der Waals surface area (Å²) < 4.78 is 15.4. The number of esters is 1. The first-order valence-corrected chi connectivity index (χ1v) is 8.64. The van der Waals surface area contributed by atoms with E-state index >= 15 is 0 Å². The molecular weight excluding hydrogens is 344 g/mol. The van der Waals surface area contributed by atoms with Crippen molar-refractivity contribution < 1.29 is 23.8 Å². The number of rotatable bonds is 8. The van der Waals surface area contributed by atoms with Gasteiger partial charge in [-0.1, -0.05) is 38.1 Å². The molecule has 0 aliphatic heterocycles. The molecule has 2 aromatic carbocycles. The van der Waals surface area contributed by atoms with E-state index in [9.17, 15) is 9.59 Å². The molecule has 0 unspecified atom stereocenters. The van der Waals surface area contributed by atoms with Crippen molar-refractivity contribution in [2.24, 2.45) is 0 Å². The van der Waals surface area contributed by atoms with Crippen LogP contribution in [0.1, 0.15) is 41.3 Å². The molecule has 0 aliphatic rings. The van der Waals surface area contributed by atoms with Crippen molar-refractivity contribution in [3.05, 3.63) is 65.2 Å². The maximum absolute atomic E-state index is 12.2. The molecule has 0 N–H and O–H groups in total. The van der Waals surface area contributed by atoms with E-state index in [1.54, 1.807) is 50.6 Å². The normalized spacial score (nSPS) is 10.9. The molecule has 0 bridgehead atoms. The van der Waals surface area contributed by atoms with E-state index in [0.717, 1.165) is 5.56 Å². The van der Waals surface area contributed by atoms with Gasteiger partial charge >= 0.3 is 5.97 Å². The Hall–Kier alpha value is -3.08. The molecule has 0 atom stereocenters. The number of ketones is 1. The highest BCUT2D eigenvalue weighted by molar-refractivity contribution is 5.99. The lowest BCUT2D eigenvalue weighted by Crippen LogP contribution is -2.12. The van der Waals surface area contributed by atoms with Crippen LogP contribution in [0.25, 0.3) is 6.08 Å². The van der Waals surface area contributed by atoms with Crippen molar-refractivity contribution >= 4 is 17.8 Å². The minimum Gasteiger partial charge on any atom is -0.497 e. The van der Waals surface area contributed by atoms with Crippen LogP contribution in [0.5, 0.6) is 11.5 Å². The second kappa shape index (κ2) is 9.57. The Bertz CT molecular complexity index is 819. The standard InChI is InChI=1S/C22H24O5/c1-15(2)16-5-7-17(8-6-16)20(23)14-27-22(24)12-9-18-13-19(25-3)10-11-21(18)26-4/h5-13,15H,14H2,1-4H3/b12-9+. The molecular formula is C22H24O5. The third-order valence-electron chi connectivity index (χ3n) is 4.08. The Morgan fingerprint density at radius 2 is 1.70 bits per heavy atom. The summed E-state index contributed by atoms with van der Waals surface area (Å²) in [6.07, 6.45) is 2.82. The van der Waals surface area contributed by atoms with Crippen molar-refractivity contribution in [2.75, 3.05) is 20.8 Å². The lowest BCUT2D eigenvalue weighted by atomic mass is 10.0. The lowest BCUT2D eigenvalue weighted by molar-refractivity contribution is -0.136. The summed E-state index contributed by atoms with van der Waals surface area (Å²) >= 11 is 0. The molecule has 5 nitrogen and oxygen atoms in total. The summed E-state index contributed by atoms with van der Waals surface area (Å²) in [7, 11) is 3.10. The van der Waals surface area contributed by atoms with Crippen LogP contribution in [0.15, 0.2) is 48.5 Å². The van der Waals surface area contributed by atoms with E-state index < -0.39 is 5.97 Å². The lowest BCUT2D eigenvalue weighted by Gasteiger charge is -2.07. The zero-order valence-corrected chi connectivity index (χ0v) is 16.0. The highest BCUT2D eigenvalue weighted by atomic mass is 16.5. The number of carbonyl (C=O) groups excluding carboxylic acids is 2. The number of benzene rings is 2. The van der Waals surface area contributed by atoms with Crippen LogP contribution in [-0.4, -0.2) is 32.6 Å². The fraction of sp³-hybridized carbons (Fsp3) is 0.273. The van der Waals surface area contributed by atoms with Crippen molar-refractivity contribution in [2.45, 2.75) is 19.8 Å². The second-order valence-corrected chi connectivity index (χ2v) is 6.25. The van der Waals surface area contributed by atoms with E-state index in [2.05, 4.69) is 13.8 Å². The largest absolute Gasteiger partial charge is 0.497 e. The molecule has 0 fully saturated rings. The zero-order chi connectivity index (χ0) is 19.8. The Labute approximate surface area is 159 Å². The zero-order valence-electron chi connectivity index (χ0n) is 16.0. The molecule has 27 heavy (non-hydrogen) atoms. The Balaban J connectivity index is 1.95. The van der Waals surface area contributed by atoms with Crippen molar-refractivity contribution in [3.63, 3.8) is 0 Å². The van der Waals surface area contributed by atoms with E-state index in [4.69, 9.17) is 14.2 Å². The highest BCUT2D eigenvalue weighted by Crippen LogP contribution is 2.25. The van der Waals surface area contributed by atoms with Gasteiger partial charge in [0.1, 0.15) is 11.5 Å². The van der Waals surface area contributed by atoms with Gasteiger partial charge in [-0.3, -0.25) is 4.79 Å². The van der Waals surface area contributed by atoms with Gasteiger partial charge in [-0.25, -0.2) is 4.79 Å². The van der Waals surface area contributed by atoms with E-state index in [0.29, 0.717) is 28.5 Å². The van der Waals surface area contributed by atoms with E-state index in [1.165, 1.54) is 6.08 Å². The Morgan fingerprint density at radius 1 is 1.00 bits per heavy atom. The molecule has 0 radical (unpaired) electrons. The average Bonchev–Trinajstić information content (AvgIpc) is 2.70. The van der Waals surface area contributed by atoms with Gasteiger partial charge in [0, 0.05) is 17.2 Å². The number of Topliss-reactive ketones (excluding diaryl/α,β-unsaturated/α-hetero) is 1. The van der Waals surface area contributed by atoms with Crippen LogP contribution in [0.4, 0.5) is 0 Å². The summed E-state index contributed by atoms with van der Waals surface area (Å²) in [5, 5.41) is 0. The summed E-state index contributed by atoms with van der Waals surface area (Å²) in [6.45, 7) is 3.87. The minimum atomic E-state index is -0.605. The van der Waals surface area contributed by atoms with Crippen LogP contribution in [0.2, 0.25) is 0 Å². The van der Waals surface area contributed by atoms with Gasteiger partial charge < -0.3 is 14.2 Å². The third-order valence-corrected chi connectivity index (χ3v) is 4.08. The van der Waals surface area contributed by atoms with Gasteiger partial charge in [0.15, 0.2) is 12.4 Å². The molecule has 0 heterocycles. The van der Waals surface area contributed by atoms with Crippen LogP contribution < -0.4 is 9.47 Å². The molecule has 0 saturated carbocycles. The van der Waals surface area contributed by atoms with Gasteiger partial charge in [-0.05, 0) is 35.8 Å². The van der Waals surface area contributed by atoms with Crippen LogP contribution in [0.3, 0.4) is 0 Å². The number of hydrogen-bond acceptors (Lipinski definition) is 5. The van der Waals surface area contributed by atoms with Crippen LogP contribution in [-0.2, 0) is 9.53 Å². The first-order chi connectivity index (χ1) is 12.9. The van der Waals surface area contributed by atoms with Gasteiger partial charge in [0.2, 0.25) is 0 Å². The molecule has 0 spiro atoms. The molecule has 0 aromatic heterocycles. The maximum atomic E-state index is 12.2. The molecule has 5 heteroatoms. The molecule has 2 aromatic rings. The average molecular weight is 368 g/mol. The van der Waals surface area contributed by atoms with Gasteiger partial charge in [-0.2, -0.15) is 0 Å². The molecule has 0 amide bonds. The Kier molecular flexibility index (Phi) is 7.17. The van der Waals surface area contributed by atoms with E-state index in [-0.39, 0.29) is 12.4 Å². The van der Waals surface area contributed by atoms with Crippen molar-refractivity contribution in [3.8, 4) is 11.5 Å². The maximum Gasteiger partial charge on any atom is 0.331 e. The summed E-state index contributed by atoms with van der Waals surface area (Å²) in [5.41, 5.74) is 2.34. The number of methoxy groups -OCH3 is 2. The predicted octanol–water partition coefficient (Wildman–Crippen LogP) is 4.27. The van der Waals surface area contributed by atoms with Crippen LogP contribution >= 0.6 is 0 Å². The topological polar surface area (TPSA) is 61.8 Å². The molecule has 2 rings (SSSR count). The van der Waals surface area contributed by atoms with Crippen molar-refractivity contribution in [1.82, 2.24) is 0 Å². The fourth-order valence-corrected chi connectivity index (χ4v) is 2.45. The third kappa shape index (κ3) is 5.71. The summed E-state index contributed by atoms with van der Waals surface area (Å²) in [5.74, 6) is 0.786. The van der Waals surface area contributed by atoms with Crippen molar-refractivity contribution in [1.29, 1.82) is 0 Å². The summed E-state index contributed by atoms with van der Waals surface area (Å²) in [4.78, 5) is 24.1. The monoisotopic (exact) mass is 368 g/mol.